The van der Waals surface area contributed by atoms with E-state index < -0.39 is 8.07 Å². The number of fused-ring (bicyclic) bond motifs is 1. The van der Waals surface area contributed by atoms with Gasteiger partial charge >= 0.3 is 0 Å². The lowest BCUT2D eigenvalue weighted by Crippen LogP contribution is -2.26. The summed E-state index contributed by atoms with van der Waals surface area (Å²) in [5, 5.41) is 3.17. The number of hydrogen-bond acceptors (Lipinski definition) is 5. The van der Waals surface area contributed by atoms with Crippen molar-refractivity contribution >= 4 is 36.6 Å². The molecule has 1 N–H and O–H groups in total. The van der Waals surface area contributed by atoms with Gasteiger partial charge in [-0.25, -0.2) is 4.98 Å². The largest absolute Gasteiger partial charge is 0.473 e. The lowest BCUT2D eigenvalue weighted by Gasteiger charge is -2.20. The number of hydrogen-bond donors (Lipinski definition) is 1. The number of pyridine rings is 1. The van der Waals surface area contributed by atoms with Gasteiger partial charge in [-0.2, -0.15) is 4.98 Å². The Labute approximate surface area is 165 Å². The Hall–Kier alpha value is -1.64. The topological polar surface area (TPSA) is 78.3 Å². The van der Waals surface area contributed by atoms with Gasteiger partial charge in [-0.1, -0.05) is 31.2 Å². The van der Waals surface area contributed by atoms with Crippen LogP contribution in [-0.2, 0) is 16.3 Å². The molecule has 0 radical (unpaired) electrons. The van der Waals surface area contributed by atoms with Crippen LogP contribution in [0.1, 0.15) is 13.3 Å². The van der Waals surface area contributed by atoms with Crippen molar-refractivity contribution < 1.29 is 14.3 Å². The Morgan fingerprint density at radius 3 is 2.89 bits per heavy atom. The number of amides is 1. The Bertz CT molecular complexity index is 821. The number of halogens is 1. The molecule has 27 heavy (non-hydrogen) atoms. The standard InChI is InChI=1S/C18H27ClN4O3Si/c1-12(13-7-16(24)20-9-13)26-18-17-14(8-15(19)22-18)21-10-23(17)11-25-5-6-27(2,3)4/h8,10,12-13H,5-7,9,11H2,1-4H3,(H,20,24)/t12-,13-/m1/s1. The highest BCUT2D eigenvalue weighted by atomic mass is 35.5. The lowest BCUT2D eigenvalue weighted by molar-refractivity contribution is -0.119. The fourth-order valence-electron chi connectivity index (χ4n) is 2.98. The molecule has 0 unspecified atom stereocenters. The molecule has 3 rings (SSSR count). The predicted molar refractivity (Wildman–Crippen MR) is 108 cm³/mol. The Kier molecular flexibility index (Phi) is 6.07. The molecule has 0 spiro atoms. The van der Waals surface area contributed by atoms with Crippen molar-refractivity contribution in [1.29, 1.82) is 0 Å². The van der Waals surface area contributed by atoms with Gasteiger partial charge in [0.1, 0.15) is 23.5 Å². The maximum atomic E-state index is 11.5. The molecular formula is C18H27ClN4O3Si. The van der Waals surface area contributed by atoms with E-state index in [1.54, 1.807) is 12.4 Å². The van der Waals surface area contributed by atoms with E-state index in [4.69, 9.17) is 21.1 Å². The van der Waals surface area contributed by atoms with Crippen molar-refractivity contribution in [3.63, 3.8) is 0 Å². The Balaban J connectivity index is 1.75. The van der Waals surface area contributed by atoms with Crippen LogP contribution in [0.15, 0.2) is 12.4 Å². The molecule has 1 aliphatic rings. The average molecular weight is 411 g/mol. The zero-order chi connectivity index (χ0) is 19.6. The second-order valence-electron chi connectivity index (χ2n) is 8.27. The molecule has 2 aromatic rings. The molecular weight excluding hydrogens is 384 g/mol. The van der Waals surface area contributed by atoms with Crippen LogP contribution in [0, 0.1) is 5.92 Å². The quantitative estimate of drug-likeness (QED) is 0.410. The van der Waals surface area contributed by atoms with Gasteiger partial charge in [0.2, 0.25) is 11.8 Å². The first-order valence-corrected chi connectivity index (χ1v) is 13.3. The number of aromatic nitrogens is 3. The van der Waals surface area contributed by atoms with E-state index in [2.05, 4.69) is 34.9 Å². The third kappa shape index (κ3) is 5.21. The minimum Gasteiger partial charge on any atom is -0.473 e. The van der Waals surface area contributed by atoms with Crippen molar-refractivity contribution in [3.05, 3.63) is 17.5 Å². The van der Waals surface area contributed by atoms with Crippen LogP contribution >= 0.6 is 11.6 Å². The summed E-state index contributed by atoms with van der Waals surface area (Å²) >= 11 is 6.14. The molecule has 9 heteroatoms. The monoisotopic (exact) mass is 410 g/mol. The maximum Gasteiger partial charge on any atom is 0.242 e. The lowest BCUT2D eigenvalue weighted by atomic mass is 10.0. The van der Waals surface area contributed by atoms with Crippen molar-refractivity contribution in [3.8, 4) is 5.88 Å². The van der Waals surface area contributed by atoms with Crippen LogP contribution < -0.4 is 10.1 Å². The number of nitrogens with zero attached hydrogens (tertiary/aromatic N) is 3. The SMILES string of the molecule is C[C@@H](Oc1nc(Cl)cc2ncn(COCC[Si](C)(C)C)c12)[C@H]1CNC(=O)C1. The molecule has 7 nitrogen and oxygen atoms in total. The van der Waals surface area contributed by atoms with E-state index in [0.717, 1.165) is 18.2 Å². The number of carbonyl (C=O) groups excluding carboxylic acids is 1. The number of rotatable bonds is 8. The van der Waals surface area contributed by atoms with E-state index >= 15 is 0 Å². The molecule has 0 aliphatic carbocycles. The summed E-state index contributed by atoms with van der Waals surface area (Å²) in [4.78, 5) is 20.2. The van der Waals surface area contributed by atoms with Crippen LogP contribution in [0.25, 0.3) is 11.0 Å². The van der Waals surface area contributed by atoms with Crippen molar-refractivity contribution in [2.24, 2.45) is 5.92 Å². The fourth-order valence-corrected chi connectivity index (χ4v) is 3.92. The third-order valence-electron chi connectivity index (χ3n) is 4.73. The molecule has 0 aromatic carbocycles. The Morgan fingerprint density at radius 1 is 1.44 bits per heavy atom. The molecule has 0 saturated carbocycles. The number of ether oxygens (including phenoxy) is 2. The first-order chi connectivity index (χ1) is 12.7. The normalized spacial score (nSPS) is 18.7. The summed E-state index contributed by atoms with van der Waals surface area (Å²) in [6.45, 7) is 10.6. The van der Waals surface area contributed by atoms with E-state index in [-0.39, 0.29) is 17.9 Å². The zero-order valence-corrected chi connectivity index (χ0v) is 18.0. The highest BCUT2D eigenvalue weighted by Gasteiger charge is 2.29. The molecule has 0 bridgehead atoms. The molecule has 1 saturated heterocycles. The zero-order valence-electron chi connectivity index (χ0n) is 16.3. The highest BCUT2D eigenvalue weighted by Crippen LogP contribution is 2.29. The van der Waals surface area contributed by atoms with Gasteiger partial charge in [0, 0.05) is 39.6 Å². The van der Waals surface area contributed by atoms with Gasteiger partial charge in [0.05, 0.1) is 11.8 Å². The van der Waals surface area contributed by atoms with E-state index in [0.29, 0.717) is 36.2 Å². The minimum absolute atomic E-state index is 0.0560. The number of nitrogens with one attached hydrogen (secondary N) is 1. The van der Waals surface area contributed by atoms with Crippen LogP contribution in [0.4, 0.5) is 0 Å². The molecule has 148 valence electrons. The Morgan fingerprint density at radius 2 is 2.22 bits per heavy atom. The first kappa shape index (κ1) is 20.1. The van der Waals surface area contributed by atoms with Gasteiger partial charge in [0.15, 0.2) is 0 Å². The van der Waals surface area contributed by atoms with Crippen molar-refractivity contribution in [2.75, 3.05) is 13.2 Å². The van der Waals surface area contributed by atoms with Gasteiger partial charge in [0.25, 0.3) is 0 Å². The summed E-state index contributed by atoms with van der Waals surface area (Å²) in [6, 6.07) is 2.82. The summed E-state index contributed by atoms with van der Waals surface area (Å²) in [7, 11) is -1.13. The van der Waals surface area contributed by atoms with Crippen LogP contribution in [-0.4, -0.2) is 47.8 Å². The van der Waals surface area contributed by atoms with E-state index in [1.165, 1.54) is 0 Å². The van der Waals surface area contributed by atoms with Crippen LogP contribution in [0.5, 0.6) is 5.88 Å². The minimum atomic E-state index is -1.13. The number of imidazole rings is 1. The summed E-state index contributed by atoms with van der Waals surface area (Å²) < 4.78 is 13.8. The van der Waals surface area contributed by atoms with Crippen LogP contribution in [0.3, 0.4) is 0 Å². The van der Waals surface area contributed by atoms with Gasteiger partial charge in [-0.15, -0.1) is 0 Å². The summed E-state index contributed by atoms with van der Waals surface area (Å²) in [5.74, 6) is 0.592. The molecule has 2 atom stereocenters. The molecule has 3 heterocycles. The molecule has 2 aromatic heterocycles. The third-order valence-corrected chi connectivity index (χ3v) is 6.63. The van der Waals surface area contributed by atoms with Gasteiger partial charge in [-0.05, 0) is 13.0 Å². The van der Waals surface area contributed by atoms with E-state index in [9.17, 15) is 4.79 Å². The van der Waals surface area contributed by atoms with Crippen molar-refractivity contribution in [2.45, 2.75) is 51.9 Å². The summed E-state index contributed by atoms with van der Waals surface area (Å²) in [6.07, 6.45) is 2.01. The second-order valence-corrected chi connectivity index (χ2v) is 14.3. The predicted octanol–water partition coefficient (Wildman–Crippen LogP) is 3.30. The average Bonchev–Trinajstić information content (AvgIpc) is 3.17. The molecule has 1 fully saturated rings. The second kappa shape index (κ2) is 8.16. The smallest absolute Gasteiger partial charge is 0.242 e. The van der Waals surface area contributed by atoms with Crippen LogP contribution in [0.2, 0.25) is 30.8 Å². The van der Waals surface area contributed by atoms with Crippen molar-refractivity contribution in [1.82, 2.24) is 19.9 Å². The van der Waals surface area contributed by atoms with E-state index in [1.807, 2.05) is 11.5 Å². The maximum absolute atomic E-state index is 11.5. The van der Waals surface area contributed by atoms with Gasteiger partial charge < -0.3 is 19.4 Å². The number of carbonyl (C=O) groups is 1. The van der Waals surface area contributed by atoms with Gasteiger partial charge in [-0.3, -0.25) is 4.79 Å². The molecule has 1 amide bonds. The highest BCUT2D eigenvalue weighted by molar-refractivity contribution is 6.76. The summed E-state index contributed by atoms with van der Waals surface area (Å²) in [5.41, 5.74) is 1.48. The first-order valence-electron chi connectivity index (χ1n) is 9.25. The fraction of sp³-hybridized carbons (Fsp3) is 0.611. The molecule has 1 aliphatic heterocycles.